The fourth-order valence-corrected chi connectivity index (χ4v) is 3.54. The number of rotatable bonds is 6. The molecule has 24 heavy (non-hydrogen) atoms. The molecule has 2 unspecified atom stereocenters. The third-order valence-corrected chi connectivity index (χ3v) is 5.24. The van der Waals surface area contributed by atoms with Gasteiger partial charge in [0.05, 0.1) is 10.8 Å². The van der Waals surface area contributed by atoms with Gasteiger partial charge in [-0.15, -0.1) is 0 Å². The highest BCUT2D eigenvalue weighted by Gasteiger charge is 2.50. The summed E-state index contributed by atoms with van der Waals surface area (Å²) in [4.78, 5) is 23.9. The molecule has 1 fully saturated rings. The first-order valence-corrected chi connectivity index (χ1v) is 8.35. The van der Waals surface area contributed by atoms with Gasteiger partial charge in [0, 0.05) is 12.2 Å². The normalized spacial score (nSPS) is 29.2. The van der Waals surface area contributed by atoms with E-state index in [4.69, 9.17) is 0 Å². The van der Waals surface area contributed by atoms with Crippen LogP contribution in [0.3, 0.4) is 0 Å². The fourth-order valence-electron chi connectivity index (χ4n) is 3.54. The molecule has 2 aliphatic carbocycles. The molecule has 128 valence electrons. The first-order chi connectivity index (χ1) is 11.4. The molecule has 1 saturated carbocycles. The van der Waals surface area contributed by atoms with Gasteiger partial charge in [-0.05, 0) is 50.2 Å². The van der Waals surface area contributed by atoms with E-state index in [-0.39, 0.29) is 6.42 Å². The maximum atomic E-state index is 12.2. The van der Waals surface area contributed by atoms with Crippen LogP contribution in [0.5, 0.6) is 0 Å². The van der Waals surface area contributed by atoms with Gasteiger partial charge in [-0.1, -0.05) is 30.4 Å². The van der Waals surface area contributed by atoms with Crippen LogP contribution in [0.25, 0.3) is 0 Å². The lowest BCUT2D eigenvalue weighted by molar-refractivity contribution is -0.151. The number of hydrogen-bond acceptors (Lipinski definition) is 3. The van der Waals surface area contributed by atoms with E-state index in [2.05, 4.69) is 5.32 Å². The summed E-state index contributed by atoms with van der Waals surface area (Å²) in [5.41, 5.74) is -0.931. The Morgan fingerprint density at radius 1 is 1.21 bits per heavy atom. The van der Waals surface area contributed by atoms with Gasteiger partial charge in [0.1, 0.15) is 0 Å². The predicted octanol–water partition coefficient (Wildman–Crippen LogP) is 3.27. The quantitative estimate of drug-likeness (QED) is 0.697. The maximum Gasteiger partial charge on any atom is 0.314 e. The van der Waals surface area contributed by atoms with E-state index in [0.29, 0.717) is 17.9 Å². The minimum Gasteiger partial charge on any atom is -0.481 e. The van der Waals surface area contributed by atoms with E-state index in [9.17, 15) is 19.8 Å². The van der Waals surface area contributed by atoms with Crippen molar-refractivity contribution in [3.63, 3.8) is 0 Å². The minimum absolute atomic E-state index is 0.0449. The number of hydrogen-bond donors (Lipinski definition) is 3. The molecule has 0 aromatic heterocycles. The molecule has 2 atom stereocenters. The summed E-state index contributed by atoms with van der Waals surface area (Å²) >= 11 is 0. The van der Waals surface area contributed by atoms with E-state index >= 15 is 0 Å². The van der Waals surface area contributed by atoms with E-state index in [0.717, 1.165) is 12.2 Å². The third-order valence-electron chi connectivity index (χ3n) is 5.24. The molecule has 2 aliphatic rings. The fraction of sp³-hybridized carbons (Fsp3) is 0.474. The zero-order valence-corrected chi connectivity index (χ0v) is 13.8. The summed E-state index contributed by atoms with van der Waals surface area (Å²) in [7, 11) is 0. The van der Waals surface area contributed by atoms with Crippen LogP contribution in [0.4, 0.5) is 5.69 Å². The Bertz CT molecular complexity index is 694. The largest absolute Gasteiger partial charge is 0.481 e. The molecule has 3 N–H and O–H groups in total. The molecule has 0 saturated heterocycles. The lowest BCUT2D eigenvalue weighted by Crippen LogP contribution is -2.45. The zero-order valence-electron chi connectivity index (χ0n) is 13.8. The van der Waals surface area contributed by atoms with Crippen molar-refractivity contribution in [3.05, 3.63) is 42.0 Å². The number of allylic oxidation sites excluding steroid dienone is 1. The number of carboxylic acids is 2. The van der Waals surface area contributed by atoms with Gasteiger partial charge < -0.3 is 15.5 Å². The molecule has 0 heterocycles. The molecule has 1 aromatic carbocycles. The molecular formula is C19H23NO4. The van der Waals surface area contributed by atoms with Crippen LogP contribution in [0.1, 0.15) is 38.2 Å². The van der Waals surface area contributed by atoms with Gasteiger partial charge in [0.25, 0.3) is 0 Å². The van der Waals surface area contributed by atoms with Crippen LogP contribution < -0.4 is 5.32 Å². The molecule has 0 spiro atoms. The molecule has 3 rings (SSSR count). The Morgan fingerprint density at radius 2 is 1.92 bits per heavy atom. The van der Waals surface area contributed by atoms with Crippen molar-refractivity contribution in [1.82, 2.24) is 0 Å². The third kappa shape index (κ3) is 2.90. The summed E-state index contributed by atoms with van der Waals surface area (Å²) in [6.07, 6.45) is 6.08. The van der Waals surface area contributed by atoms with Crippen molar-refractivity contribution in [2.45, 2.75) is 38.0 Å². The lowest BCUT2D eigenvalue weighted by Gasteiger charge is -2.39. The van der Waals surface area contributed by atoms with Crippen molar-refractivity contribution in [2.24, 2.45) is 11.3 Å². The van der Waals surface area contributed by atoms with E-state index in [1.165, 1.54) is 12.8 Å². The number of nitrogens with one attached hydrogen (secondary N) is 1. The SMILES string of the molecule is CC1(C(=O)O)C=CCC(C(=O)O)(c2ccccc2NCC2CC2)C1. The monoisotopic (exact) mass is 329 g/mol. The molecule has 0 amide bonds. The van der Waals surface area contributed by atoms with Gasteiger partial charge in [-0.3, -0.25) is 9.59 Å². The summed E-state index contributed by atoms with van der Waals surface area (Å²) < 4.78 is 0. The second-order valence-electron chi connectivity index (χ2n) is 7.26. The molecule has 1 aromatic rings. The molecule has 0 aliphatic heterocycles. The molecular weight excluding hydrogens is 306 g/mol. The second-order valence-corrected chi connectivity index (χ2v) is 7.26. The second kappa shape index (κ2) is 5.96. The molecule has 0 radical (unpaired) electrons. The van der Waals surface area contributed by atoms with Crippen molar-refractivity contribution in [2.75, 3.05) is 11.9 Å². The van der Waals surface area contributed by atoms with Gasteiger partial charge in [-0.2, -0.15) is 0 Å². The first-order valence-electron chi connectivity index (χ1n) is 8.35. The summed E-state index contributed by atoms with van der Waals surface area (Å²) in [5.74, 6) is -1.30. The Balaban J connectivity index is 2.01. The van der Waals surface area contributed by atoms with Crippen LogP contribution in [0.15, 0.2) is 36.4 Å². The summed E-state index contributed by atoms with van der Waals surface area (Å²) in [5, 5.41) is 22.9. The van der Waals surface area contributed by atoms with Crippen LogP contribution in [0, 0.1) is 11.3 Å². The van der Waals surface area contributed by atoms with Crippen molar-refractivity contribution in [3.8, 4) is 0 Å². The summed E-state index contributed by atoms with van der Waals surface area (Å²) in [6.45, 7) is 2.42. The smallest absolute Gasteiger partial charge is 0.314 e. The number of para-hydroxylation sites is 1. The molecule has 5 nitrogen and oxygen atoms in total. The van der Waals surface area contributed by atoms with Crippen molar-refractivity contribution < 1.29 is 19.8 Å². The molecule has 5 heteroatoms. The van der Waals surface area contributed by atoms with E-state index in [1.807, 2.05) is 24.3 Å². The summed E-state index contributed by atoms with van der Waals surface area (Å²) in [6, 6.07) is 7.39. The van der Waals surface area contributed by atoms with E-state index < -0.39 is 22.8 Å². The van der Waals surface area contributed by atoms with Gasteiger partial charge >= 0.3 is 11.9 Å². The Morgan fingerprint density at radius 3 is 2.54 bits per heavy atom. The van der Waals surface area contributed by atoms with Gasteiger partial charge in [0.15, 0.2) is 0 Å². The van der Waals surface area contributed by atoms with Crippen LogP contribution >= 0.6 is 0 Å². The maximum absolute atomic E-state index is 12.2. The van der Waals surface area contributed by atoms with Crippen molar-refractivity contribution >= 4 is 17.6 Å². The molecule has 0 bridgehead atoms. The average Bonchev–Trinajstić information content (AvgIpc) is 3.37. The number of carboxylic acid groups (broad SMARTS) is 2. The van der Waals surface area contributed by atoms with Gasteiger partial charge in [-0.25, -0.2) is 0 Å². The first kappa shape index (κ1) is 16.6. The highest BCUT2D eigenvalue weighted by atomic mass is 16.4. The highest BCUT2D eigenvalue weighted by Crippen LogP contribution is 2.47. The number of carbonyl (C=O) groups is 2. The lowest BCUT2D eigenvalue weighted by atomic mass is 9.63. The Hall–Kier alpha value is -2.30. The van der Waals surface area contributed by atoms with Gasteiger partial charge in [0.2, 0.25) is 0 Å². The standard InChI is InChI=1S/C19H23NO4/c1-18(16(21)22)9-4-10-19(12-18,17(23)24)14-5-2-3-6-15(14)20-11-13-7-8-13/h2-6,9,13,20H,7-8,10-12H2,1H3,(H,21,22)(H,23,24). The number of benzene rings is 1. The van der Waals surface area contributed by atoms with Crippen LogP contribution in [0.2, 0.25) is 0 Å². The Labute approximate surface area is 141 Å². The minimum atomic E-state index is -1.23. The number of aliphatic carboxylic acids is 2. The van der Waals surface area contributed by atoms with Crippen LogP contribution in [-0.4, -0.2) is 28.7 Å². The van der Waals surface area contributed by atoms with E-state index in [1.54, 1.807) is 19.1 Å². The predicted molar refractivity (Wildman–Crippen MR) is 91.1 cm³/mol. The zero-order chi connectivity index (χ0) is 17.4. The highest BCUT2D eigenvalue weighted by molar-refractivity contribution is 5.87. The topological polar surface area (TPSA) is 86.6 Å². The Kier molecular flexibility index (Phi) is 4.11. The van der Waals surface area contributed by atoms with Crippen molar-refractivity contribution in [1.29, 1.82) is 0 Å². The average molecular weight is 329 g/mol. The van der Waals surface area contributed by atoms with Crippen LogP contribution in [-0.2, 0) is 15.0 Å². The number of anilines is 1.